The van der Waals surface area contributed by atoms with Crippen LogP contribution in [0.2, 0.25) is 0 Å². The Balaban J connectivity index is 1.58. The first-order valence-corrected chi connectivity index (χ1v) is 7.89. The van der Waals surface area contributed by atoms with Crippen molar-refractivity contribution < 1.29 is 0 Å². The van der Waals surface area contributed by atoms with Gasteiger partial charge in [-0.05, 0) is 61.7 Å². The molecule has 0 bridgehead atoms. The predicted molar refractivity (Wildman–Crippen MR) is 78.2 cm³/mol. The van der Waals surface area contributed by atoms with E-state index in [1.165, 1.54) is 58.3 Å². The van der Waals surface area contributed by atoms with E-state index in [0.717, 1.165) is 0 Å². The van der Waals surface area contributed by atoms with E-state index in [-0.39, 0.29) is 0 Å². The van der Waals surface area contributed by atoms with Crippen LogP contribution in [0.15, 0.2) is 24.3 Å². The van der Waals surface area contributed by atoms with Gasteiger partial charge in [-0.3, -0.25) is 4.90 Å². The fourth-order valence-electron chi connectivity index (χ4n) is 4.49. The molecule has 2 saturated heterocycles. The van der Waals surface area contributed by atoms with Crippen LogP contribution < -0.4 is 5.32 Å². The van der Waals surface area contributed by atoms with Crippen molar-refractivity contribution in [3.8, 4) is 0 Å². The molecule has 1 aliphatic carbocycles. The van der Waals surface area contributed by atoms with Gasteiger partial charge in [0.05, 0.1) is 0 Å². The number of benzene rings is 1. The molecule has 2 nitrogen and oxygen atoms in total. The van der Waals surface area contributed by atoms with Gasteiger partial charge in [-0.2, -0.15) is 0 Å². The first-order chi connectivity index (χ1) is 9.36. The Bertz CT molecular complexity index is 462. The van der Waals surface area contributed by atoms with Crippen molar-refractivity contribution in [2.45, 2.75) is 38.1 Å². The summed E-state index contributed by atoms with van der Waals surface area (Å²) in [4.78, 5) is 2.78. The lowest BCUT2D eigenvalue weighted by atomic mass is 9.85. The zero-order valence-corrected chi connectivity index (χ0v) is 11.7. The third-order valence-electron chi connectivity index (χ3n) is 5.58. The molecule has 0 amide bonds. The highest BCUT2D eigenvalue weighted by Gasteiger charge is 2.42. The van der Waals surface area contributed by atoms with Crippen LogP contribution in [0.5, 0.6) is 0 Å². The lowest BCUT2D eigenvalue weighted by Gasteiger charge is -2.34. The van der Waals surface area contributed by atoms with Gasteiger partial charge in [-0.15, -0.1) is 0 Å². The first-order valence-electron chi connectivity index (χ1n) is 7.89. The SMILES string of the molecule is c1ccc2c(c1)CCCC2N1CCC2(CCNC2)C1. The summed E-state index contributed by atoms with van der Waals surface area (Å²) in [7, 11) is 0. The maximum atomic E-state index is 3.57. The van der Waals surface area contributed by atoms with E-state index in [4.69, 9.17) is 0 Å². The van der Waals surface area contributed by atoms with Crippen LogP contribution in [0.25, 0.3) is 0 Å². The number of nitrogens with zero attached hydrogens (tertiary/aromatic N) is 1. The van der Waals surface area contributed by atoms with E-state index in [2.05, 4.69) is 34.5 Å². The summed E-state index contributed by atoms with van der Waals surface area (Å²) in [6, 6.07) is 9.83. The van der Waals surface area contributed by atoms with Crippen LogP contribution in [0.1, 0.15) is 42.9 Å². The Morgan fingerprint density at radius 1 is 1.21 bits per heavy atom. The van der Waals surface area contributed by atoms with E-state index in [9.17, 15) is 0 Å². The molecular formula is C17H24N2. The molecule has 4 rings (SSSR count). The van der Waals surface area contributed by atoms with Crippen molar-refractivity contribution in [3.05, 3.63) is 35.4 Å². The van der Waals surface area contributed by atoms with Gasteiger partial charge >= 0.3 is 0 Å². The summed E-state index contributed by atoms with van der Waals surface area (Å²) < 4.78 is 0. The van der Waals surface area contributed by atoms with Gasteiger partial charge in [0, 0.05) is 19.1 Å². The minimum atomic E-state index is 0.604. The summed E-state index contributed by atoms with van der Waals surface area (Å²) in [6.07, 6.45) is 6.80. The molecule has 1 aromatic rings. The Labute approximate surface area is 116 Å². The standard InChI is InChI=1S/C17H24N2/c1-2-6-15-14(4-1)5-3-7-16(15)19-11-9-17(13-19)8-10-18-12-17/h1-2,4,6,16,18H,3,5,7-13H2. The number of fused-ring (bicyclic) bond motifs is 1. The van der Waals surface area contributed by atoms with Gasteiger partial charge in [-0.1, -0.05) is 24.3 Å². The van der Waals surface area contributed by atoms with Crippen molar-refractivity contribution in [1.82, 2.24) is 10.2 Å². The largest absolute Gasteiger partial charge is 0.316 e. The van der Waals surface area contributed by atoms with Gasteiger partial charge in [0.1, 0.15) is 0 Å². The Morgan fingerprint density at radius 2 is 2.16 bits per heavy atom. The minimum absolute atomic E-state index is 0.604. The monoisotopic (exact) mass is 256 g/mol. The second-order valence-electron chi connectivity index (χ2n) is 6.75. The van der Waals surface area contributed by atoms with Crippen LogP contribution in [0.3, 0.4) is 0 Å². The van der Waals surface area contributed by atoms with Gasteiger partial charge in [0.2, 0.25) is 0 Å². The predicted octanol–water partition coefficient (Wildman–Crippen LogP) is 2.75. The highest BCUT2D eigenvalue weighted by atomic mass is 15.2. The second kappa shape index (κ2) is 4.60. The van der Waals surface area contributed by atoms with Crippen molar-refractivity contribution in [2.24, 2.45) is 5.41 Å². The minimum Gasteiger partial charge on any atom is -0.316 e. The third kappa shape index (κ3) is 2.02. The number of likely N-dealkylation sites (tertiary alicyclic amines) is 1. The topological polar surface area (TPSA) is 15.3 Å². The molecule has 0 radical (unpaired) electrons. The molecule has 2 fully saturated rings. The van der Waals surface area contributed by atoms with Gasteiger partial charge in [0.25, 0.3) is 0 Å². The zero-order chi connectivity index (χ0) is 12.7. The van der Waals surface area contributed by atoms with E-state index in [0.29, 0.717) is 11.5 Å². The zero-order valence-electron chi connectivity index (χ0n) is 11.7. The molecule has 1 N–H and O–H groups in total. The van der Waals surface area contributed by atoms with Crippen LogP contribution in [-0.4, -0.2) is 31.1 Å². The average molecular weight is 256 g/mol. The Hall–Kier alpha value is -0.860. The molecule has 0 saturated carbocycles. The molecule has 2 atom stereocenters. The molecule has 1 aromatic carbocycles. The van der Waals surface area contributed by atoms with Crippen LogP contribution in [0, 0.1) is 5.41 Å². The fourth-order valence-corrected chi connectivity index (χ4v) is 4.49. The highest BCUT2D eigenvalue weighted by molar-refractivity contribution is 5.32. The maximum Gasteiger partial charge on any atom is 0.0351 e. The molecule has 2 unspecified atom stereocenters. The smallest absolute Gasteiger partial charge is 0.0351 e. The lowest BCUT2D eigenvalue weighted by Crippen LogP contribution is -2.33. The van der Waals surface area contributed by atoms with Crippen molar-refractivity contribution in [3.63, 3.8) is 0 Å². The van der Waals surface area contributed by atoms with E-state index < -0.39 is 0 Å². The molecule has 19 heavy (non-hydrogen) atoms. The van der Waals surface area contributed by atoms with Gasteiger partial charge in [0.15, 0.2) is 0 Å². The van der Waals surface area contributed by atoms with E-state index >= 15 is 0 Å². The summed E-state index contributed by atoms with van der Waals surface area (Å²) in [5.41, 5.74) is 3.83. The van der Waals surface area contributed by atoms with Crippen molar-refractivity contribution in [1.29, 1.82) is 0 Å². The highest BCUT2D eigenvalue weighted by Crippen LogP contribution is 2.43. The average Bonchev–Trinajstić information content (AvgIpc) is 3.09. The number of hydrogen-bond donors (Lipinski definition) is 1. The lowest BCUT2D eigenvalue weighted by molar-refractivity contribution is 0.193. The quantitative estimate of drug-likeness (QED) is 0.831. The normalized spacial score (nSPS) is 34.8. The molecule has 2 aliphatic heterocycles. The summed E-state index contributed by atoms with van der Waals surface area (Å²) in [6.45, 7) is 5.10. The van der Waals surface area contributed by atoms with E-state index in [1.54, 1.807) is 11.1 Å². The number of aryl methyl sites for hydroxylation is 1. The molecule has 3 aliphatic rings. The van der Waals surface area contributed by atoms with Crippen molar-refractivity contribution in [2.75, 3.05) is 26.2 Å². The molecule has 2 heterocycles. The van der Waals surface area contributed by atoms with Crippen molar-refractivity contribution >= 4 is 0 Å². The molecule has 2 heteroatoms. The van der Waals surface area contributed by atoms with Gasteiger partial charge in [-0.25, -0.2) is 0 Å². The van der Waals surface area contributed by atoms with E-state index in [1.807, 2.05) is 0 Å². The molecule has 102 valence electrons. The molecular weight excluding hydrogens is 232 g/mol. The number of rotatable bonds is 1. The first kappa shape index (κ1) is 11.9. The molecule has 1 spiro atoms. The molecule has 0 aromatic heterocycles. The summed E-state index contributed by atoms with van der Waals surface area (Å²) in [5, 5.41) is 3.57. The maximum absolute atomic E-state index is 3.57. The second-order valence-corrected chi connectivity index (χ2v) is 6.75. The Kier molecular flexibility index (Phi) is 2.89. The Morgan fingerprint density at radius 3 is 3.05 bits per heavy atom. The fraction of sp³-hybridized carbons (Fsp3) is 0.647. The number of nitrogens with one attached hydrogen (secondary N) is 1. The van der Waals surface area contributed by atoms with Crippen LogP contribution in [-0.2, 0) is 6.42 Å². The van der Waals surface area contributed by atoms with Crippen LogP contribution in [0.4, 0.5) is 0 Å². The third-order valence-corrected chi connectivity index (χ3v) is 5.58. The number of hydrogen-bond acceptors (Lipinski definition) is 2. The summed E-state index contributed by atoms with van der Waals surface area (Å²) >= 11 is 0. The van der Waals surface area contributed by atoms with Crippen LogP contribution >= 0.6 is 0 Å². The summed E-state index contributed by atoms with van der Waals surface area (Å²) in [5.74, 6) is 0. The van der Waals surface area contributed by atoms with Gasteiger partial charge < -0.3 is 5.32 Å².